The third kappa shape index (κ3) is 3.54. The summed E-state index contributed by atoms with van der Waals surface area (Å²) in [4.78, 5) is 27.4. The first-order valence-electron chi connectivity index (χ1n) is 5.17. The van der Waals surface area contributed by atoms with Crippen molar-refractivity contribution in [3.8, 4) is 0 Å². The van der Waals surface area contributed by atoms with Gasteiger partial charge in [0.15, 0.2) is 5.15 Å². The maximum atomic E-state index is 11.9. The molecule has 0 radical (unpaired) electrons. The van der Waals surface area contributed by atoms with Crippen LogP contribution in [0.15, 0.2) is 15.6 Å². The van der Waals surface area contributed by atoms with Crippen LogP contribution in [-0.4, -0.2) is 35.7 Å². The number of carbonyl (C=O) groups excluding carboxylic acids is 1. The first-order valence-corrected chi connectivity index (χ1v) is 6.35. The number of amides is 1. The van der Waals surface area contributed by atoms with E-state index in [-0.39, 0.29) is 15.5 Å². The predicted octanol–water partition coefficient (Wildman–Crippen LogP) is 0.983. The van der Waals surface area contributed by atoms with E-state index < -0.39 is 11.6 Å². The number of methoxy groups -OCH3 is 1. The van der Waals surface area contributed by atoms with Crippen LogP contribution in [0.1, 0.15) is 13.0 Å². The molecule has 1 unspecified atom stereocenters. The largest absolute Gasteiger partial charge is 0.383 e. The maximum absolute atomic E-state index is 11.9. The summed E-state index contributed by atoms with van der Waals surface area (Å²) >= 11 is 8.72. The molecule has 0 saturated carbocycles. The van der Waals surface area contributed by atoms with Gasteiger partial charge >= 0.3 is 0 Å². The van der Waals surface area contributed by atoms with E-state index in [4.69, 9.17) is 16.3 Å². The molecule has 0 aliphatic heterocycles. The number of halogens is 2. The van der Waals surface area contributed by atoms with Gasteiger partial charge in [0.2, 0.25) is 5.91 Å². The molecule has 0 aliphatic rings. The van der Waals surface area contributed by atoms with Gasteiger partial charge in [-0.05, 0) is 22.9 Å². The van der Waals surface area contributed by atoms with Crippen molar-refractivity contribution in [1.29, 1.82) is 0 Å². The van der Waals surface area contributed by atoms with Crippen LogP contribution in [0.2, 0.25) is 5.15 Å². The average molecular weight is 339 g/mol. The number of nitrogens with zero attached hydrogens (tertiary/aromatic N) is 2. The van der Waals surface area contributed by atoms with Crippen molar-refractivity contribution >= 4 is 33.4 Å². The van der Waals surface area contributed by atoms with E-state index >= 15 is 0 Å². The van der Waals surface area contributed by atoms with Crippen molar-refractivity contribution in [3.63, 3.8) is 0 Å². The minimum absolute atomic E-state index is 0.0724. The number of aromatic nitrogens is 2. The highest BCUT2D eigenvalue weighted by Crippen LogP contribution is 2.15. The highest BCUT2D eigenvalue weighted by Gasteiger charge is 2.18. The number of hydrogen-bond acceptors (Lipinski definition) is 4. The molecule has 1 heterocycles. The van der Waals surface area contributed by atoms with E-state index in [1.54, 1.807) is 14.0 Å². The molecule has 1 amide bonds. The van der Waals surface area contributed by atoms with Gasteiger partial charge in [-0.3, -0.25) is 14.2 Å². The molecule has 1 N–H and O–H groups in total. The maximum Gasteiger partial charge on any atom is 0.269 e. The lowest BCUT2D eigenvalue weighted by Crippen LogP contribution is -2.37. The highest BCUT2D eigenvalue weighted by atomic mass is 79.9. The van der Waals surface area contributed by atoms with Gasteiger partial charge in [0.25, 0.3) is 5.56 Å². The number of rotatable bonds is 5. The minimum Gasteiger partial charge on any atom is -0.383 e. The first kappa shape index (κ1) is 15.1. The lowest BCUT2D eigenvalue weighted by Gasteiger charge is -2.14. The summed E-state index contributed by atoms with van der Waals surface area (Å²) in [6.07, 6.45) is 1.25. The lowest BCUT2D eigenvalue weighted by molar-refractivity contribution is -0.124. The average Bonchev–Trinajstić information content (AvgIpc) is 2.35. The SMILES string of the molecule is COCCNC(=O)C(C)n1cnc(Cl)c(Br)c1=O. The van der Waals surface area contributed by atoms with E-state index in [0.29, 0.717) is 13.2 Å². The molecule has 1 atom stereocenters. The Hall–Kier alpha value is -0.920. The fraction of sp³-hybridized carbons (Fsp3) is 0.500. The number of carbonyl (C=O) groups is 1. The third-order valence-electron chi connectivity index (χ3n) is 2.30. The minimum atomic E-state index is -0.671. The lowest BCUT2D eigenvalue weighted by atomic mass is 10.3. The number of ether oxygens (including phenoxy) is 1. The number of hydrogen-bond donors (Lipinski definition) is 1. The summed E-state index contributed by atoms with van der Waals surface area (Å²) in [6, 6.07) is -0.671. The molecule has 100 valence electrons. The molecule has 0 saturated heterocycles. The zero-order valence-electron chi connectivity index (χ0n) is 9.94. The molecular formula is C10H13BrClN3O3. The Morgan fingerprint density at radius 3 is 3.00 bits per heavy atom. The fourth-order valence-corrected chi connectivity index (χ4v) is 1.68. The normalized spacial score (nSPS) is 12.2. The zero-order chi connectivity index (χ0) is 13.7. The molecule has 0 aromatic carbocycles. The fourth-order valence-electron chi connectivity index (χ4n) is 1.25. The molecule has 0 fully saturated rings. The van der Waals surface area contributed by atoms with Gasteiger partial charge in [-0.2, -0.15) is 0 Å². The summed E-state index contributed by atoms with van der Waals surface area (Å²) in [5, 5.41) is 2.72. The van der Waals surface area contributed by atoms with Gasteiger partial charge in [-0.25, -0.2) is 4.98 Å². The molecule has 0 bridgehead atoms. The van der Waals surface area contributed by atoms with Crippen LogP contribution in [0.25, 0.3) is 0 Å². The van der Waals surface area contributed by atoms with Gasteiger partial charge < -0.3 is 10.1 Å². The van der Waals surface area contributed by atoms with Gasteiger partial charge in [0.1, 0.15) is 10.5 Å². The van der Waals surface area contributed by atoms with Crippen molar-refractivity contribution in [2.24, 2.45) is 0 Å². The highest BCUT2D eigenvalue weighted by molar-refractivity contribution is 9.10. The predicted molar refractivity (Wildman–Crippen MR) is 70.8 cm³/mol. The molecule has 1 aromatic heterocycles. The summed E-state index contributed by atoms with van der Waals surface area (Å²) in [5.41, 5.74) is -0.399. The second-order valence-electron chi connectivity index (χ2n) is 3.52. The Balaban J connectivity index is 2.84. The molecule has 6 nitrogen and oxygen atoms in total. The van der Waals surface area contributed by atoms with Gasteiger partial charge in [-0.1, -0.05) is 11.6 Å². The third-order valence-corrected chi connectivity index (χ3v) is 3.53. The van der Waals surface area contributed by atoms with Crippen molar-refractivity contribution in [1.82, 2.24) is 14.9 Å². The van der Waals surface area contributed by atoms with Crippen LogP contribution in [0.4, 0.5) is 0 Å². The summed E-state index contributed by atoms with van der Waals surface area (Å²) in [6.45, 7) is 2.40. The topological polar surface area (TPSA) is 73.2 Å². The standard InChI is InChI=1S/C10H13BrClN3O3/c1-6(9(16)13-3-4-18-2)15-5-14-8(12)7(11)10(15)17/h5-6H,3-4H2,1-2H3,(H,13,16). The van der Waals surface area contributed by atoms with Crippen LogP contribution in [0, 0.1) is 0 Å². The first-order chi connectivity index (χ1) is 8.49. The molecule has 1 aromatic rings. The Labute approximate surface area is 117 Å². The second-order valence-corrected chi connectivity index (χ2v) is 4.67. The van der Waals surface area contributed by atoms with Gasteiger partial charge in [0, 0.05) is 13.7 Å². The van der Waals surface area contributed by atoms with Crippen molar-refractivity contribution in [2.75, 3.05) is 20.3 Å². The second kappa shape index (κ2) is 6.86. The molecule has 0 spiro atoms. The smallest absolute Gasteiger partial charge is 0.269 e. The van der Waals surface area contributed by atoms with E-state index in [1.165, 1.54) is 10.9 Å². The van der Waals surface area contributed by atoms with Crippen molar-refractivity contribution < 1.29 is 9.53 Å². The summed E-state index contributed by atoms with van der Waals surface area (Å²) in [7, 11) is 1.54. The van der Waals surface area contributed by atoms with Gasteiger partial charge in [0.05, 0.1) is 12.9 Å². The monoisotopic (exact) mass is 337 g/mol. The number of nitrogens with one attached hydrogen (secondary N) is 1. The van der Waals surface area contributed by atoms with Crippen molar-refractivity contribution in [3.05, 3.63) is 26.3 Å². The molecule has 1 rings (SSSR count). The summed E-state index contributed by atoms with van der Waals surface area (Å²) in [5.74, 6) is -0.287. The Morgan fingerprint density at radius 2 is 2.39 bits per heavy atom. The van der Waals surface area contributed by atoms with Crippen LogP contribution < -0.4 is 10.9 Å². The van der Waals surface area contributed by atoms with Crippen LogP contribution in [0.5, 0.6) is 0 Å². The quantitative estimate of drug-likeness (QED) is 0.642. The Morgan fingerprint density at radius 1 is 1.72 bits per heavy atom. The van der Waals surface area contributed by atoms with E-state index in [2.05, 4.69) is 26.2 Å². The summed E-state index contributed by atoms with van der Waals surface area (Å²) < 4.78 is 6.16. The Kier molecular flexibility index (Phi) is 5.77. The molecule has 18 heavy (non-hydrogen) atoms. The zero-order valence-corrected chi connectivity index (χ0v) is 12.3. The van der Waals surface area contributed by atoms with Gasteiger partial charge in [-0.15, -0.1) is 0 Å². The molecule has 8 heteroatoms. The van der Waals surface area contributed by atoms with Crippen LogP contribution >= 0.6 is 27.5 Å². The Bertz CT molecular complexity index is 492. The van der Waals surface area contributed by atoms with Crippen LogP contribution in [-0.2, 0) is 9.53 Å². The van der Waals surface area contributed by atoms with E-state index in [0.717, 1.165) is 0 Å². The molecule has 0 aliphatic carbocycles. The van der Waals surface area contributed by atoms with Crippen LogP contribution in [0.3, 0.4) is 0 Å². The molecular weight excluding hydrogens is 325 g/mol. The van der Waals surface area contributed by atoms with E-state index in [9.17, 15) is 9.59 Å². The van der Waals surface area contributed by atoms with E-state index in [1.807, 2.05) is 0 Å². The van der Waals surface area contributed by atoms with Crippen molar-refractivity contribution in [2.45, 2.75) is 13.0 Å².